The van der Waals surface area contributed by atoms with Crippen LogP contribution in [0.1, 0.15) is 0 Å². The molecule has 0 saturated carbocycles. The number of hydrogen-bond donors (Lipinski definition) is 0. The van der Waals surface area contributed by atoms with E-state index in [4.69, 9.17) is 35.4 Å². The van der Waals surface area contributed by atoms with Gasteiger partial charge in [-0.25, -0.2) is 0 Å². The highest BCUT2D eigenvalue weighted by Gasteiger charge is 2.06. The van der Waals surface area contributed by atoms with E-state index >= 15 is 0 Å². The molecule has 0 heterocycles. The average Bonchev–Trinajstić information content (AvgIpc) is 2.35. The number of hydrogen-bond acceptors (Lipinski definition) is 1. The van der Waals surface area contributed by atoms with E-state index in [1.54, 1.807) is 4.90 Å². The molecule has 0 spiro atoms. The molecule has 0 aliphatic heterocycles. The predicted molar refractivity (Wildman–Crippen MR) is 77.6 cm³/mol. The van der Waals surface area contributed by atoms with Gasteiger partial charge in [0, 0.05) is 21.4 Å². The zero-order valence-electron chi connectivity index (χ0n) is 8.73. The number of thiocarbonyl (C=S) groups is 1. The van der Waals surface area contributed by atoms with Crippen molar-refractivity contribution in [3.8, 4) is 0 Å². The van der Waals surface area contributed by atoms with Crippen LogP contribution < -0.4 is 4.90 Å². The lowest BCUT2D eigenvalue weighted by Crippen LogP contribution is -2.12. The molecule has 0 atom stereocenters. The van der Waals surface area contributed by atoms with E-state index in [1.807, 2.05) is 48.5 Å². The fourth-order valence-corrected chi connectivity index (χ4v) is 1.90. The zero-order chi connectivity index (χ0) is 12.3. The average molecular weight is 281 g/mol. The van der Waals surface area contributed by atoms with E-state index in [9.17, 15) is 0 Å². The highest BCUT2D eigenvalue weighted by molar-refractivity contribution is 7.79. The minimum Gasteiger partial charge on any atom is -0.299 e. The van der Waals surface area contributed by atoms with Crippen LogP contribution in [0.5, 0.6) is 0 Å². The fourth-order valence-electron chi connectivity index (χ4n) is 1.43. The highest BCUT2D eigenvalue weighted by Crippen LogP contribution is 2.26. The van der Waals surface area contributed by atoms with Gasteiger partial charge in [0.25, 0.3) is 0 Å². The first kappa shape index (κ1) is 12.4. The molecule has 0 unspecified atom stereocenters. The SMILES string of the molecule is S=[C]N(c1ccc(Cl)cc1)c1ccc(Cl)cc1. The van der Waals surface area contributed by atoms with Crippen LogP contribution in [0.3, 0.4) is 0 Å². The summed E-state index contributed by atoms with van der Waals surface area (Å²) in [6.07, 6.45) is 0. The normalized spacial score (nSPS) is 10.0. The van der Waals surface area contributed by atoms with Crippen LogP contribution >= 0.6 is 35.4 Å². The molecule has 0 aromatic heterocycles. The molecule has 0 N–H and O–H groups in total. The maximum absolute atomic E-state index is 5.84. The second kappa shape index (κ2) is 5.50. The summed E-state index contributed by atoms with van der Waals surface area (Å²) >= 11 is 16.6. The third-order valence-corrected chi connectivity index (χ3v) is 2.95. The monoisotopic (exact) mass is 280 g/mol. The Bertz CT molecular complexity index is 462. The van der Waals surface area contributed by atoms with Gasteiger partial charge in [0.1, 0.15) is 5.49 Å². The van der Waals surface area contributed by atoms with Crippen LogP contribution in [0, 0.1) is 0 Å². The van der Waals surface area contributed by atoms with Crippen LogP contribution in [0.2, 0.25) is 10.0 Å². The largest absolute Gasteiger partial charge is 0.299 e. The van der Waals surface area contributed by atoms with E-state index < -0.39 is 0 Å². The van der Waals surface area contributed by atoms with Crippen LogP contribution in [0.4, 0.5) is 11.4 Å². The van der Waals surface area contributed by atoms with Gasteiger partial charge in [-0.05, 0) is 48.5 Å². The van der Waals surface area contributed by atoms with Gasteiger partial charge in [-0.15, -0.1) is 0 Å². The lowest BCUT2D eigenvalue weighted by Gasteiger charge is -2.18. The van der Waals surface area contributed by atoms with Crippen molar-refractivity contribution in [3.63, 3.8) is 0 Å². The maximum atomic E-state index is 5.84. The molecule has 0 saturated heterocycles. The fraction of sp³-hybridized carbons (Fsp3) is 0. The Morgan fingerprint density at radius 2 is 1.12 bits per heavy atom. The van der Waals surface area contributed by atoms with Gasteiger partial charge in [0.15, 0.2) is 0 Å². The number of nitrogens with zero attached hydrogens (tertiary/aromatic N) is 1. The summed E-state index contributed by atoms with van der Waals surface area (Å²) in [4.78, 5) is 1.77. The standard InChI is InChI=1S/C13H8Cl2NS/c14-10-1-5-12(6-2-10)16(9-17)13-7-3-11(15)4-8-13/h1-8H. The molecule has 0 amide bonds. The molecule has 4 heteroatoms. The molecule has 2 aromatic carbocycles. The maximum Gasteiger partial charge on any atom is 0.146 e. The quantitative estimate of drug-likeness (QED) is 0.577. The minimum absolute atomic E-state index is 0.689. The Morgan fingerprint density at radius 1 is 0.765 bits per heavy atom. The van der Waals surface area contributed by atoms with Crippen molar-refractivity contribution in [2.45, 2.75) is 0 Å². The molecule has 0 bridgehead atoms. The Balaban J connectivity index is 2.36. The molecule has 1 radical (unpaired) electrons. The lowest BCUT2D eigenvalue weighted by atomic mass is 10.2. The van der Waals surface area contributed by atoms with E-state index in [0.29, 0.717) is 10.0 Å². The van der Waals surface area contributed by atoms with Gasteiger partial charge in [-0.2, -0.15) is 0 Å². The predicted octanol–water partition coefficient (Wildman–Crippen LogP) is 4.97. The molecule has 85 valence electrons. The molecule has 0 fully saturated rings. The highest BCUT2D eigenvalue weighted by atomic mass is 35.5. The van der Waals surface area contributed by atoms with Gasteiger partial charge in [-0.3, -0.25) is 4.90 Å². The third kappa shape index (κ3) is 2.97. The van der Waals surface area contributed by atoms with Crippen molar-refractivity contribution in [1.29, 1.82) is 0 Å². The Hall–Kier alpha value is -1.09. The molecule has 0 aliphatic rings. The third-order valence-electron chi connectivity index (χ3n) is 2.26. The van der Waals surface area contributed by atoms with Crippen LogP contribution in [0.25, 0.3) is 0 Å². The van der Waals surface area contributed by atoms with Crippen molar-refractivity contribution in [2.75, 3.05) is 4.90 Å². The first-order valence-electron chi connectivity index (χ1n) is 4.90. The van der Waals surface area contributed by atoms with E-state index in [-0.39, 0.29) is 0 Å². The van der Waals surface area contributed by atoms with Crippen LogP contribution in [-0.4, -0.2) is 5.49 Å². The minimum atomic E-state index is 0.689. The van der Waals surface area contributed by atoms with Gasteiger partial charge in [-0.1, -0.05) is 35.4 Å². The molecule has 0 aliphatic carbocycles. The Kier molecular flexibility index (Phi) is 4.00. The van der Waals surface area contributed by atoms with E-state index in [1.165, 1.54) is 0 Å². The topological polar surface area (TPSA) is 3.24 Å². The van der Waals surface area contributed by atoms with Crippen molar-refractivity contribution < 1.29 is 0 Å². The summed E-state index contributed by atoms with van der Waals surface area (Å²) in [6.45, 7) is 0. The number of rotatable bonds is 3. The van der Waals surface area contributed by atoms with Gasteiger partial charge >= 0.3 is 0 Å². The smallest absolute Gasteiger partial charge is 0.146 e. The van der Waals surface area contributed by atoms with Crippen molar-refractivity contribution in [2.24, 2.45) is 0 Å². The Morgan fingerprint density at radius 3 is 1.41 bits per heavy atom. The molecule has 17 heavy (non-hydrogen) atoms. The van der Waals surface area contributed by atoms with Gasteiger partial charge < -0.3 is 0 Å². The van der Waals surface area contributed by atoms with E-state index in [2.05, 4.69) is 5.49 Å². The first-order valence-corrected chi connectivity index (χ1v) is 6.06. The summed E-state index contributed by atoms with van der Waals surface area (Å²) in [5.74, 6) is 0. The second-order valence-electron chi connectivity index (χ2n) is 3.38. The molecular weight excluding hydrogens is 273 g/mol. The molecule has 2 rings (SSSR count). The van der Waals surface area contributed by atoms with E-state index in [0.717, 1.165) is 11.4 Å². The Labute approximate surface area is 116 Å². The van der Waals surface area contributed by atoms with Crippen LogP contribution in [-0.2, 0) is 0 Å². The first-order chi connectivity index (χ1) is 8.20. The van der Waals surface area contributed by atoms with Crippen molar-refractivity contribution in [3.05, 3.63) is 58.6 Å². The summed E-state index contributed by atoms with van der Waals surface area (Å²) in [6, 6.07) is 14.8. The molecule has 1 nitrogen and oxygen atoms in total. The summed E-state index contributed by atoms with van der Waals surface area (Å²) in [5.41, 5.74) is 4.52. The summed E-state index contributed by atoms with van der Waals surface area (Å²) < 4.78 is 0. The lowest BCUT2D eigenvalue weighted by molar-refractivity contribution is 1.39. The number of halogens is 2. The summed E-state index contributed by atoms with van der Waals surface area (Å²) in [5, 5.41) is 1.38. The number of anilines is 2. The van der Waals surface area contributed by atoms with Crippen molar-refractivity contribution >= 4 is 52.3 Å². The molecular formula is C13H8Cl2NS. The van der Waals surface area contributed by atoms with Crippen LogP contribution in [0.15, 0.2) is 48.5 Å². The molecule has 2 aromatic rings. The van der Waals surface area contributed by atoms with Gasteiger partial charge in [0.05, 0.1) is 0 Å². The van der Waals surface area contributed by atoms with Gasteiger partial charge in [0.2, 0.25) is 0 Å². The zero-order valence-corrected chi connectivity index (χ0v) is 11.1. The van der Waals surface area contributed by atoms with Crippen molar-refractivity contribution in [1.82, 2.24) is 0 Å². The summed E-state index contributed by atoms with van der Waals surface area (Å²) in [7, 11) is 0. The number of benzene rings is 2. The second-order valence-corrected chi connectivity index (χ2v) is 4.43.